The summed E-state index contributed by atoms with van der Waals surface area (Å²) in [5.41, 5.74) is 0. The number of carboxylic acid groups (broad SMARTS) is 12. The standard InChI is InChI=1S/6CH2O3.Fe.Mg.Mn/c6*2-1(3)4;;;/h6*(H2,2,3,4);;;/q;;;;;;3*+2/p-6. The van der Waals surface area contributed by atoms with Crippen molar-refractivity contribution in [1.29, 1.82) is 0 Å². The van der Waals surface area contributed by atoms with Gasteiger partial charge < -0.3 is 90.0 Å². The molecule has 0 rings (SSSR count). The Labute approximate surface area is 184 Å². The van der Waals surface area contributed by atoms with Crippen molar-refractivity contribution in [2.24, 2.45) is 0 Å². The zero-order valence-corrected chi connectivity index (χ0v) is 15.7. The Kier molecular flexibility index (Phi) is 103. The molecule has 0 aliphatic heterocycles. The number of hydrogen-bond donors (Lipinski definition) is 6. The third kappa shape index (κ3) is 1620. The molecule has 0 spiro atoms. The quantitative estimate of drug-likeness (QED) is 0.168. The maximum Gasteiger partial charge on any atom is 2.00 e. The van der Waals surface area contributed by atoms with Crippen molar-refractivity contribution < 1.29 is 124 Å². The molecular weight excluding hydrogens is 495 g/mol. The van der Waals surface area contributed by atoms with E-state index in [0.717, 1.165) is 0 Å². The summed E-state index contributed by atoms with van der Waals surface area (Å²) in [7, 11) is 0. The van der Waals surface area contributed by atoms with Crippen LogP contribution < -0.4 is 30.6 Å². The van der Waals surface area contributed by atoms with Gasteiger partial charge in [-0.05, 0) is 0 Å². The smallest absolute Gasteiger partial charge is 0.565 e. The van der Waals surface area contributed by atoms with Gasteiger partial charge in [0.25, 0.3) is 0 Å². The minimum Gasteiger partial charge on any atom is -0.565 e. The molecule has 0 aliphatic rings. The zero-order chi connectivity index (χ0) is 21.5. The molecule has 21 heteroatoms. The van der Waals surface area contributed by atoms with Gasteiger partial charge in [-0.2, -0.15) is 0 Å². The van der Waals surface area contributed by atoms with Crippen molar-refractivity contribution in [2.45, 2.75) is 0 Å². The summed E-state index contributed by atoms with van der Waals surface area (Å²) in [5.74, 6) is 0. The van der Waals surface area contributed by atoms with Crippen LogP contribution in [0.5, 0.6) is 0 Å². The van der Waals surface area contributed by atoms with Gasteiger partial charge >= 0.3 is 57.2 Å². The predicted molar refractivity (Wildman–Crippen MR) is 53.9 cm³/mol. The molecule has 1 radical (unpaired) electrons. The molecule has 0 aliphatic carbocycles. The Bertz CT molecular complexity index is 269. The summed E-state index contributed by atoms with van der Waals surface area (Å²) in [6, 6.07) is 0. The Morgan fingerprint density at radius 2 is 0.407 bits per heavy atom. The van der Waals surface area contributed by atoms with Crippen molar-refractivity contribution in [3.63, 3.8) is 0 Å². The van der Waals surface area contributed by atoms with Gasteiger partial charge in [-0.15, -0.1) is 0 Å². The second kappa shape index (κ2) is 49.5. The number of carbonyl (C=O) groups is 6. The van der Waals surface area contributed by atoms with Crippen LogP contribution in [0.3, 0.4) is 0 Å². The minimum atomic E-state index is -2.08. The van der Waals surface area contributed by atoms with E-state index in [2.05, 4.69) is 0 Å². The molecule has 0 fully saturated rings. The van der Waals surface area contributed by atoms with Crippen LogP contribution in [0, 0.1) is 0 Å². The van der Waals surface area contributed by atoms with Crippen LogP contribution in [-0.4, -0.2) is 90.6 Å². The molecule has 0 atom stereocenters. The largest absolute Gasteiger partial charge is 2.00 e. The van der Waals surface area contributed by atoms with E-state index < -0.39 is 36.9 Å². The zero-order valence-electron chi connectivity index (χ0n) is 12.0. The normalized spacial score (nSPS) is 5.33. The summed E-state index contributed by atoms with van der Waals surface area (Å²) in [4.78, 5) is 50.7. The SMILES string of the molecule is O=C([O-])O.O=C([O-])O.O=C([O-])O.O=C([O-])O.O=C([O-])O.O=C([O-])O.[Fe+2].[Mg+2].[Mn+2]. The Balaban J connectivity index is -0.0000000201. The van der Waals surface area contributed by atoms with Crippen molar-refractivity contribution in [1.82, 2.24) is 0 Å². The van der Waals surface area contributed by atoms with Crippen LogP contribution in [0.2, 0.25) is 0 Å². The van der Waals surface area contributed by atoms with E-state index in [9.17, 15) is 0 Å². The fourth-order valence-corrected chi connectivity index (χ4v) is 0. The number of rotatable bonds is 0. The minimum absolute atomic E-state index is 0. The number of hydrogen-bond acceptors (Lipinski definition) is 12. The van der Waals surface area contributed by atoms with Crippen LogP contribution in [0.25, 0.3) is 0 Å². The van der Waals surface area contributed by atoms with E-state index in [4.69, 9.17) is 90.0 Å². The third-order valence-electron chi connectivity index (χ3n) is 0. The van der Waals surface area contributed by atoms with Gasteiger partial charge in [0.1, 0.15) is 0 Å². The maximum absolute atomic E-state index is 8.44. The Morgan fingerprint density at radius 3 is 0.407 bits per heavy atom. The van der Waals surface area contributed by atoms with Crippen molar-refractivity contribution in [3.05, 3.63) is 0 Å². The Morgan fingerprint density at radius 1 is 0.407 bits per heavy atom. The van der Waals surface area contributed by atoms with Crippen LogP contribution in [0.4, 0.5) is 28.8 Å². The first-order chi connectivity index (χ1) is 10.4. The fourth-order valence-electron chi connectivity index (χ4n) is 0. The molecule has 0 aromatic rings. The summed E-state index contributed by atoms with van der Waals surface area (Å²) in [5, 5.41) is 91.8. The van der Waals surface area contributed by atoms with Gasteiger partial charge in [-0.3, -0.25) is 0 Å². The molecule has 27 heavy (non-hydrogen) atoms. The van der Waals surface area contributed by atoms with Crippen LogP contribution >= 0.6 is 0 Å². The van der Waals surface area contributed by atoms with Gasteiger partial charge in [0.15, 0.2) is 0 Å². The van der Waals surface area contributed by atoms with Gasteiger partial charge in [-0.1, -0.05) is 0 Å². The average molecular weight is 501 g/mol. The van der Waals surface area contributed by atoms with Gasteiger partial charge in [-0.25, -0.2) is 0 Å². The van der Waals surface area contributed by atoms with Crippen LogP contribution in [0.15, 0.2) is 0 Å². The molecule has 0 heterocycles. The molecule has 18 nitrogen and oxygen atoms in total. The average Bonchev–Trinajstić information content (AvgIpc) is 2.08. The first kappa shape index (κ1) is 56.3. The van der Waals surface area contributed by atoms with Gasteiger partial charge in [0.05, 0.1) is 0 Å². The van der Waals surface area contributed by atoms with Crippen molar-refractivity contribution >= 4 is 60.0 Å². The van der Waals surface area contributed by atoms with Gasteiger partial charge in [0.2, 0.25) is 36.9 Å². The Hall–Kier alpha value is -2.57. The van der Waals surface area contributed by atoms with Crippen LogP contribution in [0.1, 0.15) is 0 Å². The van der Waals surface area contributed by atoms with E-state index >= 15 is 0 Å². The summed E-state index contributed by atoms with van der Waals surface area (Å²) < 4.78 is 0. The second-order valence-corrected chi connectivity index (χ2v) is 1.60. The molecule has 155 valence electrons. The molecule has 0 aromatic carbocycles. The van der Waals surface area contributed by atoms with E-state index in [1.165, 1.54) is 0 Å². The van der Waals surface area contributed by atoms with E-state index in [1.807, 2.05) is 0 Å². The second-order valence-electron chi connectivity index (χ2n) is 1.60. The monoisotopic (exact) mass is 501 g/mol. The molecule has 0 aromatic heterocycles. The molecule has 0 bridgehead atoms. The van der Waals surface area contributed by atoms with E-state index in [-0.39, 0.29) is 57.2 Å². The maximum atomic E-state index is 8.44. The first-order valence-electron chi connectivity index (χ1n) is 3.79. The molecule has 0 saturated heterocycles. The first-order valence-corrected chi connectivity index (χ1v) is 3.79. The summed E-state index contributed by atoms with van der Waals surface area (Å²) in [6.07, 6.45) is -12.5. The van der Waals surface area contributed by atoms with Crippen molar-refractivity contribution in [2.75, 3.05) is 0 Å². The topological polar surface area (TPSA) is 362 Å². The third-order valence-corrected chi connectivity index (χ3v) is 0. The van der Waals surface area contributed by atoms with E-state index in [1.54, 1.807) is 0 Å². The van der Waals surface area contributed by atoms with Gasteiger partial charge in [0, 0.05) is 0 Å². The predicted octanol–water partition coefficient (Wildman–Crippen LogP) is -7.06. The van der Waals surface area contributed by atoms with Crippen molar-refractivity contribution in [3.8, 4) is 0 Å². The summed E-state index contributed by atoms with van der Waals surface area (Å²) >= 11 is 0. The molecule has 6 N–H and O–H groups in total. The van der Waals surface area contributed by atoms with Crippen LogP contribution in [-0.2, 0) is 34.1 Å². The molecule has 0 amide bonds. The molecule has 0 unspecified atom stereocenters. The molecule has 0 saturated carbocycles. The summed E-state index contributed by atoms with van der Waals surface area (Å²) in [6.45, 7) is 0. The molecular formula is C6H6FeMgMnO18. The van der Waals surface area contributed by atoms with E-state index in [0.29, 0.717) is 0 Å². The fraction of sp³-hybridized carbons (Fsp3) is 0.